The lowest BCUT2D eigenvalue weighted by Crippen LogP contribution is -2.33. The molecule has 1 fully saturated rings. The summed E-state index contributed by atoms with van der Waals surface area (Å²) in [5.74, 6) is 0. The van der Waals surface area contributed by atoms with Crippen molar-refractivity contribution in [1.82, 2.24) is 9.55 Å². The van der Waals surface area contributed by atoms with Gasteiger partial charge in [-0.05, 0) is 19.8 Å². The Bertz CT molecular complexity index is 930. The highest BCUT2D eigenvalue weighted by Gasteiger charge is 2.42. The molecule has 2 heterocycles. The fourth-order valence-corrected chi connectivity index (χ4v) is 4.61. The maximum Gasteiger partial charge on any atom is 0.472 e. The predicted octanol–water partition coefficient (Wildman–Crippen LogP) is 0.239. The second kappa shape index (κ2) is 10.4. The zero-order chi connectivity index (χ0) is 22.5. The van der Waals surface area contributed by atoms with Crippen molar-refractivity contribution in [3.63, 3.8) is 0 Å². The van der Waals surface area contributed by atoms with Crippen molar-refractivity contribution in [3.05, 3.63) is 32.6 Å². The standard InChI is InChI=1S/C15H26N2O11P2/c1-10-8-17(15(20)16-14(10)19)13-7-11(28-30(23,24)25-2)12(27-13)9-26-29(21,22)6-4-3-5-18/h8,11-13,18H,3-7,9H2,1-2H3,(H,21,22)(H,23,24)(H,16,19,20)/t11?,12-,13-/m1/s1. The number of aromatic nitrogens is 2. The molecule has 4 N–H and O–H groups in total. The summed E-state index contributed by atoms with van der Waals surface area (Å²) in [6, 6.07) is 0. The zero-order valence-electron chi connectivity index (χ0n) is 16.5. The first-order valence-electron chi connectivity index (χ1n) is 9.09. The monoisotopic (exact) mass is 472 g/mol. The first-order chi connectivity index (χ1) is 14.0. The van der Waals surface area contributed by atoms with E-state index >= 15 is 0 Å². The molecule has 0 aromatic carbocycles. The number of ether oxygens (including phenoxy) is 1. The van der Waals surface area contributed by atoms with Gasteiger partial charge in [-0.15, -0.1) is 0 Å². The molecule has 1 aromatic rings. The summed E-state index contributed by atoms with van der Waals surface area (Å²) in [6.07, 6.45) is -1.59. The Balaban J connectivity index is 2.18. The SMILES string of the molecule is COP(=O)(O)OC1C[C@H](n2cc(C)c(=O)[nH]c2=O)O[C@@H]1COP(=O)(O)CCCCO. The average Bonchev–Trinajstić information content (AvgIpc) is 3.05. The Morgan fingerprint density at radius 3 is 2.63 bits per heavy atom. The Morgan fingerprint density at radius 2 is 2.00 bits per heavy atom. The molecule has 0 aliphatic carbocycles. The van der Waals surface area contributed by atoms with Crippen molar-refractivity contribution in [1.29, 1.82) is 0 Å². The summed E-state index contributed by atoms with van der Waals surface area (Å²) < 4.78 is 45.2. The molecule has 13 nitrogen and oxygen atoms in total. The predicted molar refractivity (Wildman–Crippen MR) is 103 cm³/mol. The van der Waals surface area contributed by atoms with Crippen molar-refractivity contribution >= 4 is 15.4 Å². The number of aromatic amines is 1. The number of nitrogens with one attached hydrogen (secondary N) is 1. The van der Waals surface area contributed by atoms with Crippen LogP contribution in [0, 0.1) is 6.92 Å². The summed E-state index contributed by atoms with van der Waals surface area (Å²) in [7, 11) is -7.46. The largest absolute Gasteiger partial charge is 0.472 e. The van der Waals surface area contributed by atoms with Crippen LogP contribution in [-0.2, 0) is 27.4 Å². The fourth-order valence-electron chi connectivity index (χ4n) is 2.82. The van der Waals surface area contributed by atoms with Gasteiger partial charge in [0.05, 0.1) is 12.8 Å². The molecule has 0 bridgehead atoms. The maximum absolute atomic E-state index is 12.1. The van der Waals surface area contributed by atoms with E-state index < -0.39 is 51.7 Å². The number of aliphatic hydroxyl groups excluding tert-OH is 1. The average molecular weight is 472 g/mol. The Hall–Kier alpha value is -1.14. The number of hydrogen-bond donors (Lipinski definition) is 4. The van der Waals surface area contributed by atoms with Gasteiger partial charge < -0.3 is 24.2 Å². The number of H-pyrrole nitrogens is 1. The van der Waals surface area contributed by atoms with Crippen molar-refractivity contribution < 1.29 is 42.3 Å². The third-order valence-corrected chi connectivity index (χ3v) is 6.86. The van der Waals surface area contributed by atoms with E-state index in [9.17, 15) is 28.5 Å². The van der Waals surface area contributed by atoms with Gasteiger partial charge in [-0.1, -0.05) is 0 Å². The first-order valence-corrected chi connectivity index (χ1v) is 12.4. The Morgan fingerprint density at radius 1 is 1.30 bits per heavy atom. The molecule has 2 rings (SSSR count). The molecule has 3 unspecified atom stereocenters. The lowest BCUT2D eigenvalue weighted by Gasteiger charge is -2.21. The van der Waals surface area contributed by atoms with Crippen LogP contribution in [0.4, 0.5) is 0 Å². The van der Waals surface area contributed by atoms with Crippen molar-refractivity contribution in [2.24, 2.45) is 0 Å². The van der Waals surface area contributed by atoms with E-state index in [2.05, 4.69) is 9.51 Å². The van der Waals surface area contributed by atoms with Crippen LogP contribution in [0.25, 0.3) is 0 Å². The highest BCUT2D eigenvalue weighted by Crippen LogP contribution is 2.49. The fraction of sp³-hybridized carbons (Fsp3) is 0.733. The van der Waals surface area contributed by atoms with E-state index in [1.54, 1.807) is 0 Å². The number of phosphoric ester groups is 1. The normalized spacial score (nSPS) is 25.7. The van der Waals surface area contributed by atoms with Gasteiger partial charge in [-0.2, -0.15) is 0 Å². The van der Waals surface area contributed by atoms with E-state index in [1.807, 2.05) is 0 Å². The van der Waals surface area contributed by atoms with Gasteiger partial charge >= 0.3 is 21.1 Å². The molecular weight excluding hydrogens is 446 g/mol. The van der Waals surface area contributed by atoms with Gasteiger partial charge in [-0.25, -0.2) is 9.36 Å². The number of rotatable bonds is 11. The number of hydrogen-bond acceptors (Lipinski definition) is 9. The van der Waals surface area contributed by atoms with Gasteiger partial charge in [0, 0.05) is 31.9 Å². The van der Waals surface area contributed by atoms with E-state index in [1.165, 1.54) is 13.1 Å². The van der Waals surface area contributed by atoms with E-state index in [0.29, 0.717) is 6.42 Å². The summed E-state index contributed by atoms with van der Waals surface area (Å²) in [5.41, 5.74) is -1.08. The van der Waals surface area contributed by atoms with Crippen LogP contribution in [-0.4, -0.2) is 63.1 Å². The molecule has 5 atom stereocenters. The molecule has 172 valence electrons. The first kappa shape index (κ1) is 25.1. The quantitative estimate of drug-likeness (QED) is 0.255. The molecule has 15 heteroatoms. The maximum atomic E-state index is 12.1. The molecule has 1 aliphatic heterocycles. The molecule has 0 saturated carbocycles. The minimum atomic E-state index is -4.43. The highest BCUT2D eigenvalue weighted by molar-refractivity contribution is 7.52. The van der Waals surface area contributed by atoms with Gasteiger partial charge in [0.25, 0.3) is 5.56 Å². The number of aliphatic hydroxyl groups is 1. The summed E-state index contributed by atoms with van der Waals surface area (Å²) in [6.45, 7) is 0.897. The van der Waals surface area contributed by atoms with Crippen LogP contribution < -0.4 is 11.2 Å². The molecule has 1 aromatic heterocycles. The van der Waals surface area contributed by atoms with Crippen LogP contribution in [0.15, 0.2) is 15.8 Å². The minimum Gasteiger partial charge on any atom is -0.396 e. The van der Waals surface area contributed by atoms with Crippen LogP contribution in [0.5, 0.6) is 0 Å². The van der Waals surface area contributed by atoms with Crippen molar-refractivity contribution in [2.75, 3.05) is 26.5 Å². The van der Waals surface area contributed by atoms with E-state index in [0.717, 1.165) is 11.7 Å². The van der Waals surface area contributed by atoms with Gasteiger partial charge in [-0.3, -0.25) is 28.0 Å². The molecule has 0 spiro atoms. The lowest BCUT2D eigenvalue weighted by atomic mass is 10.2. The number of unbranched alkanes of at least 4 members (excludes halogenated alkanes) is 1. The van der Waals surface area contributed by atoms with Gasteiger partial charge in [0.15, 0.2) is 0 Å². The highest BCUT2D eigenvalue weighted by atomic mass is 31.2. The topological polar surface area (TPSA) is 187 Å². The molecular formula is C15H26N2O11P2. The molecule has 30 heavy (non-hydrogen) atoms. The van der Waals surface area contributed by atoms with Crippen LogP contribution in [0.1, 0.15) is 31.1 Å². The van der Waals surface area contributed by atoms with Crippen LogP contribution in [0.3, 0.4) is 0 Å². The molecule has 0 radical (unpaired) electrons. The molecule has 1 saturated heterocycles. The summed E-state index contributed by atoms with van der Waals surface area (Å²) in [5, 5.41) is 8.77. The Kier molecular flexibility index (Phi) is 8.75. The number of phosphoric acid groups is 1. The number of nitrogens with zero attached hydrogens (tertiary/aromatic N) is 1. The smallest absolute Gasteiger partial charge is 0.396 e. The number of aryl methyl sites for hydroxylation is 1. The summed E-state index contributed by atoms with van der Waals surface area (Å²) in [4.78, 5) is 45.3. The second-order valence-corrected chi connectivity index (χ2v) is 10.2. The zero-order valence-corrected chi connectivity index (χ0v) is 18.3. The minimum absolute atomic E-state index is 0.0897. The second-order valence-electron chi connectivity index (χ2n) is 6.73. The summed E-state index contributed by atoms with van der Waals surface area (Å²) >= 11 is 0. The van der Waals surface area contributed by atoms with E-state index in [-0.39, 0.29) is 31.2 Å². The molecule has 1 aliphatic rings. The van der Waals surface area contributed by atoms with Crippen molar-refractivity contribution in [3.8, 4) is 0 Å². The van der Waals surface area contributed by atoms with Crippen LogP contribution >= 0.6 is 15.4 Å². The Labute approximate surface area is 171 Å². The molecule has 0 amide bonds. The third kappa shape index (κ3) is 6.94. The van der Waals surface area contributed by atoms with Crippen molar-refractivity contribution in [2.45, 2.75) is 44.6 Å². The van der Waals surface area contributed by atoms with Gasteiger partial charge in [0.2, 0.25) is 0 Å². The van der Waals surface area contributed by atoms with Gasteiger partial charge in [0.1, 0.15) is 18.4 Å². The van der Waals surface area contributed by atoms with Crippen LogP contribution in [0.2, 0.25) is 0 Å². The van der Waals surface area contributed by atoms with E-state index in [4.69, 9.17) is 18.9 Å². The third-order valence-electron chi connectivity index (χ3n) is 4.43. The lowest BCUT2D eigenvalue weighted by molar-refractivity contribution is -0.0424.